The number of fused-ring (bicyclic) bond motifs is 2. The van der Waals surface area contributed by atoms with Crippen LogP contribution >= 0.6 is 0 Å². The molecule has 0 aliphatic carbocycles. The zero-order chi connectivity index (χ0) is 18.5. The van der Waals surface area contributed by atoms with Crippen LogP contribution in [0.1, 0.15) is 5.56 Å². The van der Waals surface area contributed by atoms with E-state index in [1.165, 1.54) is 5.39 Å². The van der Waals surface area contributed by atoms with Gasteiger partial charge in [-0.25, -0.2) is 5.43 Å². The molecule has 4 nitrogen and oxygen atoms in total. The zero-order valence-corrected chi connectivity index (χ0v) is 14.7. The molecule has 0 aliphatic heterocycles. The van der Waals surface area contributed by atoms with Crippen LogP contribution in [0, 0.1) is 0 Å². The number of hydrazone groups is 1. The fourth-order valence-electron chi connectivity index (χ4n) is 3.06. The van der Waals surface area contributed by atoms with Gasteiger partial charge in [0.15, 0.2) is 0 Å². The minimum Gasteiger partial charge on any atom is -0.376 e. The Morgan fingerprint density at radius 3 is 2.44 bits per heavy atom. The van der Waals surface area contributed by atoms with Crippen molar-refractivity contribution in [3.05, 3.63) is 90.5 Å². The monoisotopic (exact) mass is 353 g/mol. The molecule has 1 amide bonds. The van der Waals surface area contributed by atoms with E-state index in [0.29, 0.717) is 0 Å². The van der Waals surface area contributed by atoms with Crippen LogP contribution in [0.4, 0.5) is 5.69 Å². The molecule has 132 valence electrons. The summed E-state index contributed by atoms with van der Waals surface area (Å²) >= 11 is 0. The second-order valence-corrected chi connectivity index (χ2v) is 6.28. The average Bonchev–Trinajstić information content (AvgIpc) is 2.72. The first kappa shape index (κ1) is 16.8. The third kappa shape index (κ3) is 3.96. The van der Waals surface area contributed by atoms with E-state index >= 15 is 0 Å². The van der Waals surface area contributed by atoms with Crippen molar-refractivity contribution >= 4 is 39.4 Å². The molecule has 0 heterocycles. The van der Waals surface area contributed by atoms with Gasteiger partial charge in [0.05, 0.1) is 12.8 Å². The first-order valence-corrected chi connectivity index (χ1v) is 8.82. The maximum absolute atomic E-state index is 12.0. The molecule has 0 atom stereocenters. The first-order valence-electron chi connectivity index (χ1n) is 8.82. The van der Waals surface area contributed by atoms with Crippen LogP contribution in [-0.4, -0.2) is 18.7 Å². The van der Waals surface area contributed by atoms with Crippen molar-refractivity contribution in [1.82, 2.24) is 5.43 Å². The number of rotatable bonds is 5. The number of amides is 1. The van der Waals surface area contributed by atoms with Crippen molar-refractivity contribution in [3.63, 3.8) is 0 Å². The van der Waals surface area contributed by atoms with Gasteiger partial charge in [0.1, 0.15) is 0 Å². The number of carbonyl (C=O) groups is 1. The smallest absolute Gasteiger partial charge is 0.259 e. The quantitative estimate of drug-likeness (QED) is 0.408. The molecule has 0 radical (unpaired) electrons. The minimum atomic E-state index is -0.195. The lowest BCUT2D eigenvalue weighted by molar-refractivity contribution is -0.119. The van der Waals surface area contributed by atoms with Gasteiger partial charge >= 0.3 is 0 Å². The van der Waals surface area contributed by atoms with Crippen molar-refractivity contribution < 1.29 is 4.79 Å². The Kier molecular flexibility index (Phi) is 4.79. The highest BCUT2D eigenvalue weighted by molar-refractivity contribution is 6.00. The van der Waals surface area contributed by atoms with Gasteiger partial charge in [-0.2, -0.15) is 5.10 Å². The molecule has 0 spiro atoms. The molecular weight excluding hydrogens is 334 g/mol. The zero-order valence-electron chi connectivity index (χ0n) is 14.7. The summed E-state index contributed by atoms with van der Waals surface area (Å²) in [5, 5.41) is 11.8. The molecule has 4 heteroatoms. The summed E-state index contributed by atoms with van der Waals surface area (Å²) in [6.07, 6.45) is 1.68. The Hall–Kier alpha value is -3.66. The Morgan fingerprint density at radius 2 is 1.56 bits per heavy atom. The van der Waals surface area contributed by atoms with E-state index in [0.717, 1.165) is 27.4 Å². The van der Waals surface area contributed by atoms with Crippen molar-refractivity contribution in [2.24, 2.45) is 5.10 Å². The number of nitrogens with one attached hydrogen (secondary N) is 2. The van der Waals surface area contributed by atoms with Crippen molar-refractivity contribution in [2.75, 3.05) is 11.9 Å². The predicted molar refractivity (Wildman–Crippen MR) is 112 cm³/mol. The summed E-state index contributed by atoms with van der Waals surface area (Å²) in [6, 6.07) is 28.3. The van der Waals surface area contributed by atoms with Crippen LogP contribution in [0.2, 0.25) is 0 Å². The van der Waals surface area contributed by atoms with Crippen LogP contribution in [-0.2, 0) is 4.79 Å². The van der Waals surface area contributed by atoms with Gasteiger partial charge in [-0.3, -0.25) is 4.79 Å². The third-order valence-corrected chi connectivity index (χ3v) is 4.42. The Balaban J connectivity index is 1.37. The number of hydrogen-bond acceptors (Lipinski definition) is 3. The number of anilines is 1. The molecule has 0 fully saturated rings. The molecule has 0 saturated heterocycles. The third-order valence-electron chi connectivity index (χ3n) is 4.42. The van der Waals surface area contributed by atoms with E-state index in [1.807, 2.05) is 60.7 Å². The minimum absolute atomic E-state index is 0.158. The van der Waals surface area contributed by atoms with Crippen LogP contribution in [0.5, 0.6) is 0 Å². The van der Waals surface area contributed by atoms with Crippen molar-refractivity contribution in [1.29, 1.82) is 0 Å². The largest absolute Gasteiger partial charge is 0.376 e. The van der Waals surface area contributed by atoms with Gasteiger partial charge in [0.2, 0.25) is 0 Å². The van der Waals surface area contributed by atoms with Crippen LogP contribution < -0.4 is 10.7 Å². The highest BCUT2D eigenvalue weighted by atomic mass is 16.2. The van der Waals surface area contributed by atoms with Crippen LogP contribution in [0.3, 0.4) is 0 Å². The molecule has 0 aliphatic rings. The summed E-state index contributed by atoms with van der Waals surface area (Å²) in [5.41, 5.74) is 4.44. The van der Waals surface area contributed by atoms with E-state index in [-0.39, 0.29) is 12.5 Å². The maximum atomic E-state index is 12.0. The topological polar surface area (TPSA) is 53.5 Å². The lowest BCUT2D eigenvalue weighted by Gasteiger charge is -2.07. The molecule has 0 bridgehead atoms. The summed E-state index contributed by atoms with van der Waals surface area (Å²) in [5.74, 6) is -0.195. The highest BCUT2D eigenvalue weighted by Gasteiger charge is 2.01. The van der Waals surface area contributed by atoms with E-state index in [9.17, 15) is 4.79 Å². The summed E-state index contributed by atoms with van der Waals surface area (Å²) < 4.78 is 0. The highest BCUT2D eigenvalue weighted by Crippen LogP contribution is 2.18. The van der Waals surface area contributed by atoms with Gasteiger partial charge in [-0.05, 0) is 33.7 Å². The molecule has 0 aromatic heterocycles. The molecule has 0 saturated carbocycles. The average molecular weight is 353 g/mol. The van der Waals surface area contributed by atoms with E-state index in [4.69, 9.17) is 0 Å². The SMILES string of the molecule is O=C(CNc1ccc2ccccc2c1)N/N=C\c1cccc2ccccc12. The van der Waals surface area contributed by atoms with Crippen LogP contribution in [0.15, 0.2) is 90.0 Å². The number of benzene rings is 4. The summed E-state index contributed by atoms with van der Waals surface area (Å²) in [4.78, 5) is 12.0. The molecule has 0 unspecified atom stereocenters. The van der Waals surface area contributed by atoms with Crippen LogP contribution in [0.25, 0.3) is 21.5 Å². The molecule has 2 N–H and O–H groups in total. The number of hydrogen-bond donors (Lipinski definition) is 2. The standard InChI is InChI=1S/C23H19N3O/c27-23(16-24-21-13-12-17-6-1-2-8-19(17)14-21)26-25-15-20-10-5-9-18-7-3-4-11-22(18)20/h1-15,24H,16H2,(H,26,27)/b25-15-. The molecule has 4 aromatic rings. The number of carbonyl (C=O) groups excluding carboxylic acids is 1. The normalized spacial score (nSPS) is 11.1. The van der Waals surface area contributed by atoms with Gasteiger partial charge in [-0.1, -0.05) is 72.8 Å². The summed E-state index contributed by atoms with van der Waals surface area (Å²) in [6.45, 7) is 0.158. The number of nitrogens with zero attached hydrogens (tertiary/aromatic N) is 1. The predicted octanol–water partition coefficient (Wildman–Crippen LogP) is 4.56. The molecule has 27 heavy (non-hydrogen) atoms. The first-order chi connectivity index (χ1) is 13.3. The molecule has 4 rings (SSSR count). The molecular formula is C23H19N3O. The van der Waals surface area contributed by atoms with Gasteiger partial charge in [-0.15, -0.1) is 0 Å². The lowest BCUT2D eigenvalue weighted by atomic mass is 10.1. The Bertz CT molecular complexity index is 1130. The van der Waals surface area contributed by atoms with Gasteiger partial charge in [0.25, 0.3) is 5.91 Å². The van der Waals surface area contributed by atoms with E-state index in [2.05, 4.69) is 40.1 Å². The Morgan fingerprint density at radius 1 is 0.815 bits per heavy atom. The second-order valence-electron chi connectivity index (χ2n) is 6.28. The van der Waals surface area contributed by atoms with Gasteiger partial charge < -0.3 is 5.32 Å². The van der Waals surface area contributed by atoms with Crippen molar-refractivity contribution in [3.8, 4) is 0 Å². The summed E-state index contributed by atoms with van der Waals surface area (Å²) in [7, 11) is 0. The van der Waals surface area contributed by atoms with E-state index in [1.54, 1.807) is 6.21 Å². The fourth-order valence-corrected chi connectivity index (χ4v) is 3.06. The van der Waals surface area contributed by atoms with E-state index < -0.39 is 0 Å². The fraction of sp³-hybridized carbons (Fsp3) is 0.0435. The maximum Gasteiger partial charge on any atom is 0.259 e. The second kappa shape index (κ2) is 7.70. The lowest BCUT2D eigenvalue weighted by Crippen LogP contribution is -2.25. The molecule has 4 aromatic carbocycles. The Labute approximate surface area is 157 Å². The van der Waals surface area contributed by atoms with Gasteiger partial charge in [0, 0.05) is 11.3 Å². The van der Waals surface area contributed by atoms with Crippen molar-refractivity contribution in [2.45, 2.75) is 0 Å².